The molecule has 1 aliphatic heterocycles. The number of hydrogen-bond donors (Lipinski definition) is 0. The molecule has 0 radical (unpaired) electrons. The molecule has 0 N–H and O–H groups in total. The van der Waals surface area contributed by atoms with E-state index in [0.29, 0.717) is 31.1 Å². The Balaban J connectivity index is 1.71. The van der Waals surface area contributed by atoms with Gasteiger partial charge in [0.1, 0.15) is 0 Å². The van der Waals surface area contributed by atoms with E-state index in [1.807, 2.05) is 30.3 Å². The summed E-state index contributed by atoms with van der Waals surface area (Å²) in [6.07, 6.45) is 0. The lowest BCUT2D eigenvalue weighted by Crippen LogP contribution is -2.52. The highest BCUT2D eigenvalue weighted by Gasteiger charge is 2.30. The fourth-order valence-corrected chi connectivity index (χ4v) is 4.71. The number of carbonyl (C=O) groups excluding carboxylic acids is 1. The lowest BCUT2D eigenvalue weighted by atomic mass is 10.2. The Morgan fingerprint density at radius 2 is 1.78 bits per heavy atom. The van der Waals surface area contributed by atoms with Gasteiger partial charge in [-0.15, -0.1) is 11.3 Å². The first-order valence-electron chi connectivity index (χ1n) is 7.35. The third-order valence-corrected chi connectivity index (χ3v) is 6.99. The van der Waals surface area contributed by atoms with Crippen molar-refractivity contribution in [2.24, 2.45) is 0 Å². The van der Waals surface area contributed by atoms with Crippen LogP contribution in [0.25, 0.3) is 10.1 Å². The first-order chi connectivity index (χ1) is 10.9. The number of thiophene rings is 1. The number of amides is 1. The van der Waals surface area contributed by atoms with Gasteiger partial charge in [0.25, 0.3) is 16.1 Å². The molecule has 3 rings (SSSR count). The first-order valence-corrected chi connectivity index (χ1v) is 9.56. The van der Waals surface area contributed by atoms with E-state index < -0.39 is 10.2 Å². The predicted octanol–water partition coefficient (Wildman–Crippen LogP) is 1.47. The SMILES string of the molecule is CN(C)S(=O)(=O)N1CCN(C(=O)c2cc3ccccc3s2)CC1. The van der Waals surface area contributed by atoms with Gasteiger partial charge in [-0.1, -0.05) is 18.2 Å². The van der Waals surface area contributed by atoms with Crippen molar-refractivity contribution in [3.8, 4) is 0 Å². The zero-order valence-corrected chi connectivity index (χ0v) is 14.7. The molecule has 124 valence electrons. The van der Waals surface area contributed by atoms with Gasteiger partial charge in [0.05, 0.1) is 4.88 Å². The summed E-state index contributed by atoms with van der Waals surface area (Å²) in [6.45, 7) is 1.49. The lowest BCUT2D eigenvalue weighted by molar-refractivity contribution is 0.0700. The van der Waals surface area contributed by atoms with Crippen LogP contribution in [0, 0.1) is 0 Å². The average Bonchev–Trinajstić information content (AvgIpc) is 2.98. The number of rotatable bonds is 3. The maximum atomic E-state index is 12.6. The van der Waals surface area contributed by atoms with Crippen molar-refractivity contribution in [1.82, 2.24) is 13.5 Å². The van der Waals surface area contributed by atoms with Crippen molar-refractivity contribution in [2.75, 3.05) is 40.3 Å². The van der Waals surface area contributed by atoms with Gasteiger partial charge in [0, 0.05) is 45.0 Å². The number of hydrogen-bond acceptors (Lipinski definition) is 4. The summed E-state index contributed by atoms with van der Waals surface area (Å²) in [6, 6.07) is 9.81. The van der Waals surface area contributed by atoms with Gasteiger partial charge in [0.15, 0.2) is 0 Å². The largest absolute Gasteiger partial charge is 0.335 e. The van der Waals surface area contributed by atoms with E-state index in [2.05, 4.69) is 0 Å². The van der Waals surface area contributed by atoms with E-state index in [9.17, 15) is 13.2 Å². The number of fused-ring (bicyclic) bond motifs is 1. The van der Waals surface area contributed by atoms with Crippen molar-refractivity contribution < 1.29 is 13.2 Å². The molecule has 0 saturated carbocycles. The van der Waals surface area contributed by atoms with Crippen LogP contribution in [-0.4, -0.2) is 68.1 Å². The van der Waals surface area contributed by atoms with Crippen LogP contribution in [0.3, 0.4) is 0 Å². The van der Waals surface area contributed by atoms with Gasteiger partial charge < -0.3 is 4.90 Å². The molecule has 2 aromatic rings. The minimum Gasteiger partial charge on any atom is -0.335 e. The Morgan fingerprint density at radius 3 is 2.39 bits per heavy atom. The van der Waals surface area contributed by atoms with Crippen molar-refractivity contribution >= 4 is 37.5 Å². The van der Waals surface area contributed by atoms with Crippen LogP contribution >= 0.6 is 11.3 Å². The van der Waals surface area contributed by atoms with Crippen LogP contribution in [-0.2, 0) is 10.2 Å². The third-order valence-electron chi connectivity index (χ3n) is 3.95. The summed E-state index contributed by atoms with van der Waals surface area (Å²) in [7, 11) is -0.367. The summed E-state index contributed by atoms with van der Waals surface area (Å²) in [5, 5.41) is 1.06. The maximum absolute atomic E-state index is 12.6. The first kappa shape index (κ1) is 16.4. The van der Waals surface area contributed by atoms with E-state index >= 15 is 0 Å². The normalized spacial score (nSPS) is 17.1. The second-order valence-electron chi connectivity index (χ2n) is 5.63. The van der Waals surface area contributed by atoms with Crippen LogP contribution in [0.5, 0.6) is 0 Å². The molecule has 6 nitrogen and oxygen atoms in total. The highest BCUT2D eigenvalue weighted by molar-refractivity contribution is 7.86. The Bertz CT molecular complexity index is 788. The Hall–Kier alpha value is -1.48. The average molecular weight is 353 g/mol. The second-order valence-corrected chi connectivity index (χ2v) is 8.86. The van der Waals surface area contributed by atoms with Crippen molar-refractivity contribution in [1.29, 1.82) is 0 Å². The van der Waals surface area contributed by atoms with Crippen LogP contribution in [0.4, 0.5) is 0 Å². The molecular formula is C15H19N3O3S2. The minimum atomic E-state index is -3.40. The summed E-state index contributed by atoms with van der Waals surface area (Å²) >= 11 is 1.48. The van der Waals surface area contributed by atoms with E-state index in [1.54, 1.807) is 4.90 Å². The molecule has 0 spiro atoms. The Morgan fingerprint density at radius 1 is 1.13 bits per heavy atom. The summed E-state index contributed by atoms with van der Waals surface area (Å²) in [5.74, 6) is -0.0203. The van der Waals surface area contributed by atoms with Crippen molar-refractivity contribution in [3.05, 3.63) is 35.2 Å². The van der Waals surface area contributed by atoms with Gasteiger partial charge >= 0.3 is 0 Å². The maximum Gasteiger partial charge on any atom is 0.281 e. The van der Waals surface area contributed by atoms with Gasteiger partial charge in [-0.25, -0.2) is 0 Å². The lowest BCUT2D eigenvalue weighted by Gasteiger charge is -2.34. The molecule has 1 aliphatic rings. The molecule has 1 aromatic carbocycles. The van der Waals surface area contributed by atoms with E-state index in [-0.39, 0.29) is 5.91 Å². The highest BCUT2D eigenvalue weighted by atomic mass is 32.2. The summed E-state index contributed by atoms with van der Waals surface area (Å²) in [5.41, 5.74) is 0. The number of piperazine rings is 1. The zero-order chi connectivity index (χ0) is 16.6. The topological polar surface area (TPSA) is 60.9 Å². The van der Waals surface area contributed by atoms with Gasteiger partial charge in [0.2, 0.25) is 0 Å². The third kappa shape index (κ3) is 3.12. The van der Waals surface area contributed by atoms with Crippen LogP contribution in [0.2, 0.25) is 0 Å². The number of nitrogens with zero attached hydrogens (tertiary/aromatic N) is 3. The monoisotopic (exact) mass is 353 g/mol. The summed E-state index contributed by atoms with van der Waals surface area (Å²) < 4.78 is 27.9. The Labute approximate surface area is 140 Å². The van der Waals surface area contributed by atoms with E-state index in [4.69, 9.17) is 0 Å². The smallest absolute Gasteiger partial charge is 0.281 e. The molecule has 1 aromatic heterocycles. The highest BCUT2D eigenvalue weighted by Crippen LogP contribution is 2.26. The predicted molar refractivity (Wildman–Crippen MR) is 91.9 cm³/mol. The fourth-order valence-electron chi connectivity index (χ4n) is 2.60. The molecule has 0 atom stereocenters. The molecule has 2 heterocycles. The molecule has 0 unspecified atom stereocenters. The Kier molecular flexibility index (Phi) is 4.41. The van der Waals surface area contributed by atoms with Gasteiger partial charge in [-0.05, 0) is 17.5 Å². The zero-order valence-electron chi connectivity index (χ0n) is 13.1. The van der Waals surface area contributed by atoms with Crippen LogP contribution in [0.15, 0.2) is 30.3 Å². The summed E-state index contributed by atoms with van der Waals surface area (Å²) in [4.78, 5) is 15.0. The molecule has 0 bridgehead atoms. The molecule has 0 aliphatic carbocycles. The molecule has 23 heavy (non-hydrogen) atoms. The molecule has 8 heteroatoms. The number of carbonyl (C=O) groups is 1. The fraction of sp³-hybridized carbons (Fsp3) is 0.400. The second kappa shape index (κ2) is 6.20. The van der Waals surface area contributed by atoms with Crippen LogP contribution < -0.4 is 0 Å². The molecule has 1 fully saturated rings. The number of benzene rings is 1. The van der Waals surface area contributed by atoms with Crippen molar-refractivity contribution in [2.45, 2.75) is 0 Å². The minimum absolute atomic E-state index is 0.0203. The molecule has 1 saturated heterocycles. The molecular weight excluding hydrogens is 334 g/mol. The quantitative estimate of drug-likeness (QED) is 0.839. The van der Waals surface area contributed by atoms with Gasteiger partial charge in [-0.3, -0.25) is 4.79 Å². The standard InChI is InChI=1S/C15H19N3O3S2/c1-16(2)23(20,21)18-9-7-17(8-10-18)15(19)14-11-12-5-3-4-6-13(12)22-14/h3-6,11H,7-10H2,1-2H3. The van der Waals surface area contributed by atoms with Crippen molar-refractivity contribution in [3.63, 3.8) is 0 Å². The van der Waals surface area contributed by atoms with Crippen LogP contribution in [0.1, 0.15) is 9.67 Å². The van der Waals surface area contributed by atoms with E-state index in [1.165, 1.54) is 34.0 Å². The van der Waals surface area contributed by atoms with Gasteiger partial charge in [-0.2, -0.15) is 17.0 Å². The van der Waals surface area contributed by atoms with E-state index in [0.717, 1.165) is 10.1 Å². The molecule has 1 amide bonds.